The van der Waals surface area contributed by atoms with E-state index in [2.05, 4.69) is 17.4 Å². The summed E-state index contributed by atoms with van der Waals surface area (Å²) in [5.74, 6) is -0.0505. The molecule has 0 saturated carbocycles. The van der Waals surface area contributed by atoms with Crippen molar-refractivity contribution in [2.24, 2.45) is 5.92 Å². The second-order valence-electron chi connectivity index (χ2n) is 7.81. The van der Waals surface area contributed by atoms with Crippen LogP contribution in [0.5, 0.6) is 0 Å². The summed E-state index contributed by atoms with van der Waals surface area (Å²) in [5.41, 5.74) is 6.11. The molecule has 5 rings (SSSR count). The monoisotopic (exact) mass is 400 g/mol. The van der Waals surface area contributed by atoms with Crippen LogP contribution >= 0.6 is 0 Å². The third-order valence-electron chi connectivity index (χ3n) is 6.29. The Morgan fingerprint density at radius 2 is 1.83 bits per heavy atom. The van der Waals surface area contributed by atoms with Crippen LogP contribution in [0.4, 0.5) is 11.4 Å². The Balaban J connectivity index is 1.61. The molecule has 0 amide bonds. The Bertz CT molecular complexity index is 1160. The zero-order chi connectivity index (χ0) is 20.8. The first-order chi connectivity index (χ1) is 14.6. The predicted molar refractivity (Wildman–Crippen MR) is 113 cm³/mol. The standard InChI is InChI=1S/C24H20N2O4/c1-30-24(27)15-8-6-14(7-9-15)23-20-12-16-4-2-3-5-18(16)22(20)19-13-17(26(28)29)10-11-21(19)25-23/h2-11,13,20,22-23,25H,12H2,1H3. The summed E-state index contributed by atoms with van der Waals surface area (Å²) in [6.07, 6.45) is 0.888. The molecule has 3 aromatic rings. The molecule has 0 aromatic heterocycles. The van der Waals surface area contributed by atoms with Gasteiger partial charge >= 0.3 is 5.97 Å². The molecule has 2 aliphatic rings. The topological polar surface area (TPSA) is 81.5 Å². The van der Waals surface area contributed by atoms with Crippen molar-refractivity contribution in [1.82, 2.24) is 0 Å². The highest BCUT2D eigenvalue weighted by Crippen LogP contribution is 2.54. The molecule has 6 nitrogen and oxygen atoms in total. The summed E-state index contributed by atoms with van der Waals surface area (Å²) >= 11 is 0. The van der Waals surface area contributed by atoms with Crippen molar-refractivity contribution in [2.45, 2.75) is 18.4 Å². The van der Waals surface area contributed by atoms with E-state index >= 15 is 0 Å². The molecule has 3 unspecified atom stereocenters. The molecule has 0 saturated heterocycles. The molecule has 0 fully saturated rings. The number of nitro groups is 1. The van der Waals surface area contributed by atoms with Gasteiger partial charge < -0.3 is 10.1 Å². The van der Waals surface area contributed by atoms with E-state index in [1.54, 1.807) is 30.3 Å². The maximum Gasteiger partial charge on any atom is 0.337 e. The predicted octanol–water partition coefficient (Wildman–Crippen LogP) is 4.85. The Morgan fingerprint density at radius 1 is 1.07 bits per heavy atom. The first-order valence-corrected chi connectivity index (χ1v) is 9.88. The number of esters is 1. The van der Waals surface area contributed by atoms with Crippen LogP contribution in [-0.2, 0) is 11.2 Å². The van der Waals surface area contributed by atoms with Crippen LogP contribution in [0.1, 0.15) is 44.6 Å². The SMILES string of the molecule is COC(=O)c1ccc(C2Nc3ccc([N+](=O)[O-])cc3C3c4ccccc4CC23)cc1. The number of nitrogens with zero attached hydrogens (tertiary/aromatic N) is 1. The van der Waals surface area contributed by atoms with Crippen LogP contribution in [0.3, 0.4) is 0 Å². The van der Waals surface area contributed by atoms with Crippen molar-refractivity contribution >= 4 is 17.3 Å². The highest BCUT2D eigenvalue weighted by Gasteiger charge is 2.43. The quantitative estimate of drug-likeness (QED) is 0.386. The van der Waals surface area contributed by atoms with Crippen molar-refractivity contribution < 1.29 is 14.5 Å². The van der Waals surface area contributed by atoms with E-state index in [0.29, 0.717) is 5.56 Å². The molecule has 3 aromatic carbocycles. The number of fused-ring (bicyclic) bond motifs is 5. The van der Waals surface area contributed by atoms with Crippen LogP contribution < -0.4 is 5.32 Å². The van der Waals surface area contributed by atoms with Crippen molar-refractivity contribution in [3.63, 3.8) is 0 Å². The maximum absolute atomic E-state index is 11.8. The van der Waals surface area contributed by atoms with Gasteiger partial charge in [-0.3, -0.25) is 10.1 Å². The van der Waals surface area contributed by atoms with Gasteiger partial charge in [-0.15, -0.1) is 0 Å². The molecule has 1 aliphatic heterocycles. The third kappa shape index (κ3) is 2.84. The van der Waals surface area contributed by atoms with E-state index in [1.165, 1.54) is 18.2 Å². The molecule has 30 heavy (non-hydrogen) atoms. The van der Waals surface area contributed by atoms with Crippen LogP contribution in [0.15, 0.2) is 66.7 Å². The van der Waals surface area contributed by atoms with Crippen molar-refractivity contribution in [3.8, 4) is 0 Å². The van der Waals surface area contributed by atoms with Gasteiger partial charge in [0.1, 0.15) is 0 Å². The first-order valence-electron chi connectivity index (χ1n) is 9.88. The highest BCUT2D eigenvalue weighted by molar-refractivity contribution is 5.89. The van der Waals surface area contributed by atoms with Gasteiger partial charge in [-0.25, -0.2) is 4.79 Å². The summed E-state index contributed by atoms with van der Waals surface area (Å²) in [6.45, 7) is 0. The molecule has 1 N–H and O–H groups in total. The lowest BCUT2D eigenvalue weighted by Crippen LogP contribution is -2.30. The normalized spacial score (nSPS) is 21.0. The zero-order valence-electron chi connectivity index (χ0n) is 16.4. The fraction of sp³-hybridized carbons (Fsp3) is 0.208. The number of nitrogens with one attached hydrogen (secondary N) is 1. The van der Waals surface area contributed by atoms with Gasteiger partial charge in [0.05, 0.1) is 23.6 Å². The molecular formula is C24H20N2O4. The van der Waals surface area contributed by atoms with Gasteiger partial charge in [-0.2, -0.15) is 0 Å². The summed E-state index contributed by atoms with van der Waals surface area (Å²) < 4.78 is 4.80. The Morgan fingerprint density at radius 3 is 2.57 bits per heavy atom. The number of carbonyl (C=O) groups is 1. The number of carbonyl (C=O) groups excluding carboxylic acids is 1. The van der Waals surface area contributed by atoms with Crippen LogP contribution in [0.25, 0.3) is 0 Å². The van der Waals surface area contributed by atoms with Gasteiger partial charge in [0, 0.05) is 23.7 Å². The van der Waals surface area contributed by atoms with E-state index in [0.717, 1.165) is 23.2 Å². The molecule has 150 valence electrons. The molecular weight excluding hydrogens is 380 g/mol. The summed E-state index contributed by atoms with van der Waals surface area (Å²) in [7, 11) is 1.37. The Hall–Kier alpha value is -3.67. The molecule has 1 aliphatic carbocycles. The van der Waals surface area contributed by atoms with Gasteiger partial charge in [0.25, 0.3) is 5.69 Å². The summed E-state index contributed by atoms with van der Waals surface area (Å²) in [4.78, 5) is 22.8. The average Bonchev–Trinajstić information content (AvgIpc) is 3.17. The van der Waals surface area contributed by atoms with E-state index in [9.17, 15) is 14.9 Å². The highest BCUT2D eigenvalue weighted by atomic mass is 16.6. The second-order valence-corrected chi connectivity index (χ2v) is 7.81. The van der Waals surface area contributed by atoms with E-state index in [4.69, 9.17) is 4.74 Å². The van der Waals surface area contributed by atoms with Gasteiger partial charge in [0.15, 0.2) is 0 Å². The number of hydrogen-bond acceptors (Lipinski definition) is 5. The third-order valence-corrected chi connectivity index (χ3v) is 6.29. The number of nitro benzene ring substituents is 1. The summed E-state index contributed by atoms with van der Waals surface area (Å²) in [5, 5.41) is 15.0. The number of ether oxygens (including phenoxy) is 1. The number of benzene rings is 3. The fourth-order valence-electron chi connectivity index (χ4n) is 4.94. The molecule has 0 bridgehead atoms. The summed E-state index contributed by atoms with van der Waals surface area (Å²) in [6, 6.07) is 20.9. The van der Waals surface area contributed by atoms with Crippen LogP contribution in [0, 0.1) is 16.0 Å². The lowest BCUT2D eigenvalue weighted by molar-refractivity contribution is -0.384. The molecule has 3 atom stereocenters. The largest absolute Gasteiger partial charge is 0.465 e. The zero-order valence-corrected chi connectivity index (χ0v) is 16.4. The molecule has 0 spiro atoms. The Labute approximate surface area is 173 Å². The second kappa shape index (κ2) is 6.99. The van der Waals surface area contributed by atoms with Crippen LogP contribution in [0.2, 0.25) is 0 Å². The molecule has 1 heterocycles. The van der Waals surface area contributed by atoms with Crippen LogP contribution in [-0.4, -0.2) is 18.0 Å². The van der Waals surface area contributed by atoms with Crippen molar-refractivity contribution in [2.75, 3.05) is 12.4 Å². The average molecular weight is 400 g/mol. The fourth-order valence-corrected chi connectivity index (χ4v) is 4.94. The Kier molecular flexibility index (Phi) is 4.28. The van der Waals surface area contributed by atoms with Gasteiger partial charge in [-0.1, -0.05) is 36.4 Å². The number of non-ortho nitro benzene ring substituents is 1. The first kappa shape index (κ1) is 18.4. The molecule has 0 radical (unpaired) electrons. The minimum absolute atomic E-state index is 0.0306. The minimum atomic E-state index is -0.359. The van der Waals surface area contributed by atoms with E-state index < -0.39 is 0 Å². The van der Waals surface area contributed by atoms with Gasteiger partial charge in [-0.05, 0) is 52.8 Å². The number of rotatable bonds is 3. The number of hydrogen-bond donors (Lipinski definition) is 1. The number of anilines is 1. The maximum atomic E-state index is 11.8. The van der Waals surface area contributed by atoms with E-state index in [-0.39, 0.29) is 34.5 Å². The number of methoxy groups -OCH3 is 1. The molecule has 6 heteroatoms. The minimum Gasteiger partial charge on any atom is -0.465 e. The van der Waals surface area contributed by atoms with Gasteiger partial charge in [0.2, 0.25) is 0 Å². The van der Waals surface area contributed by atoms with E-state index in [1.807, 2.05) is 24.3 Å². The van der Waals surface area contributed by atoms with Crippen molar-refractivity contribution in [3.05, 3.63) is 105 Å². The smallest absolute Gasteiger partial charge is 0.337 e. The lowest BCUT2D eigenvalue weighted by atomic mass is 9.75. The van der Waals surface area contributed by atoms with Crippen molar-refractivity contribution in [1.29, 1.82) is 0 Å². The lowest BCUT2D eigenvalue weighted by Gasteiger charge is -2.38.